The van der Waals surface area contributed by atoms with Crippen molar-refractivity contribution in [2.45, 2.75) is 19.8 Å². The third-order valence-corrected chi connectivity index (χ3v) is 10.6. The molecule has 3 N–H and O–H groups in total. The van der Waals surface area contributed by atoms with Crippen LogP contribution < -0.4 is 20.4 Å². The van der Waals surface area contributed by atoms with Crippen molar-refractivity contribution in [3.63, 3.8) is 0 Å². The number of benzene rings is 6. The first-order valence-electron chi connectivity index (χ1n) is 20.1. The number of likely N-dealkylation sites (N-methyl/N-ethyl adjacent to an activating group) is 2. The van der Waals surface area contributed by atoms with Gasteiger partial charge in [0.05, 0.1) is 34.5 Å². The van der Waals surface area contributed by atoms with Gasteiger partial charge < -0.3 is 25.5 Å². The van der Waals surface area contributed by atoms with Gasteiger partial charge in [-0.2, -0.15) is 0 Å². The second-order valence-corrected chi connectivity index (χ2v) is 15.8. The van der Waals surface area contributed by atoms with E-state index in [9.17, 15) is 33.6 Å². The van der Waals surface area contributed by atoms with Crippen LogP contribution in [0.25, 0.3) is 0 Å². The third kappa shape index (κ3) is 14.9. The van der Waals surface area contributed by atoms with E-state index < -0.39 is 17.8 Å². The number of carboxylic acids is 1. The lowest BCUT2D eigenvalue weighted by molar-refractivity contribution is -0.137. The van der Waals surface area contributed by atoms with Crippen molar-refractivity contribution in [3.8, 4) is 0 Å². The van der Waals surface area contributed by atoms with E-state index in [4.69, 9.17) is 51.5 Å². The monoisotopic (exact) mass is 968 g/mol. The summed E-state index contributed by atoms with van der Waals surface area (Å²) in [5, 5.41) is 14.4. The Labute approximate surface area is 402 Å². The first-order valence-corrected chi connectivity index (χ1v) is 21.6. The van der Waals surface area contributed by atoms with E-state index in [1.165, 1.54) is 36.0 Å². The van der Waals surface area contributed by atoms with E-state index in [0.717, 1.165) is 6.42 Å². The maximum atomic E-state index is 13.1. The van der Waals surface area contributed by atoms with Crippen LogP contribution in [0.15, 0.2) is 146 Å². The minimum atomic E-state index is -0.711. The Bertz CT molecular complexity index is 2520. The standard InChI is InChI=1S/2C23H18Cl2N2O3.C4H8O2/c2*1-27(21(28)14-26-23(30)15-7-3-2-4-8-15)20-12-11-16(24)13-18(20)22(29)17-9-5-6-10-19(17)25;1-2-3-4(5)6/h2*2-13H,14H2,1H3,(H,26,30);2-3H2,1H3,(H,5,6). The van der Waals surface area contributed by atoms with Crippen LogP contribution in [0.4, 0.5) is 11.4 Å². The Hall–Kier alpha value is -6.83. The molecule has 0 radical (unpaired) electrons. The first-order chi connectivity index (χ1) is 31.5. The fraction of sp³-hybridized carbons (Fsp3) is 0.140. The third-order valence-electron chi connectivity index (χ3n) is 9.45. The summed E-state index contributed by atoms with van der Waals surface area (Å²) < 4.78 is 0. The lowest BCUT2D eigenvalue weighted by Crippen LogP contribution is -2.38. The molecule has 340 valence electrons. The molecular formula is C50H44Cl4N4O8. The Kier molecular flexibility index (Phi) is 20.1. The van der Waals surface area contributed by atoms with Gasteiger partial charge >= 0.3 is 5.97 Å². The lowest BCUT2D eigenvalue weighted by Gasteiger charge is -2.21. The van der Waals surface area contributed by atoms with Gasteiger partial charge in [-0.05, 0) is 91.3 Å². The van der Waals surface area contributed by atoms with E-state index in [0.29, 0.717) is 60.1 Å². The molecular weight excluding hydrogens is 926 g/mol. The van der Waals surface area contributed by atoms with Crippen molar-refractivity contribution in [2.24, 2.45) is 0 Å². The lowest BCUT2D eigenvalue weighted by atomic mass is 10.0. The van der Waals surface area contributed by atoms with Gasteiger partial charge in [-0.3, -0.25) is 33.6 Å². The van der Waals surface area contributed by atoms with Gasteiger partial charge in [0, 0.05) is 63.9 Å². The summed E-state index contributed by atoms with van der Waals surface area (Å²) in [5.74, 6) is -2.93. The van der Waals surface area contributed by atoms with Crippen molar-refractivity contribution in [3.05, 3.63) is 199 Å². The number of ketones is 2. The van der Waals surface area contributed by atoms with Gasteiger partial charge in [0.15, 0.2) is 11.6 Å². The summed E-state index contributed by atoms with van der Waals surface area (Å²) in [7, 11) is 3.06. The molecule has 16 heteroatoms. The number of carboxylic acid groups (broad SMARTS) is 1. The molecule has 0 heterocycles. The highest BCUT2D eigenvalue weighted by molar-refractivity contribution is 6.37. The predicted octanol–water partition coefficient (Wildman–Crippen LogP) is 10.1. The molecule has 0 aliphatic rings. The largest absolute Gasteiger partial charge is 0.481 e. The molecule has 0 aliphatic heterocycles. The summed E-state index contributed by atoms with van der Waals surface area (Å²) in [4.78, 5) is 88.1. The molecule has 6 aromatic carbocycles. The van der Waals surface area contributed by atoms with Crippen LogP contribution in [0.2, 0.25) is 20.1 Å². The number of rotatable bonds is 14. The normalized spacial score (nSPS) is 10.2. The Morgan fingerprint density at radius 2 is 0.833 bits per heavy atom. The van der Waals surface area contributed by atoms with Crippen molar-refractivity contribution in [1.29, 1.82) is 0 Å². The fourth-order valence-electron chi connectivity index (χ4n) is 5.96. The Morgan fingerprint density at radius 1 is 0.485 bits per heavy atom. The predicted molar refractivity (Wildman–Crippen MR) is 260 cm³/mol. The minimum absolute atomic E-state index is 0.230. The average Bonchev–Trinajstić information content (AvgIpc) is 3.32. The number of nitrogens with one attached hydrogen (secondary N) is 2. The fourth-order valence-corrected chi connectivity index (χ4v) is 6.75. The second kappa shape index (κ2) is 25.6. The van der Waals surface area contributed by atoms with Gasteiger partial charge in [-0.25, -0.2) is 0 Å². The summed E-state index contributed by atoms with van der Waals surface area (Å²) in [6.45, 7) is 1.38. The molecule has 0 aliphatic carbocycles. The molecule has 6 aromatic rings. The van der Waals surface area contributed by atoms with Crippen LogP contribution in [-0.2, 0) is 14.4 Å². The molecule has 6 rings (SSSR count). The topological polar surface area (TPSA) is 170 Å². The molecule has 0 saturated heterocycles. The van der Waals surface area contributed by atoms with Gasteiger partial charge in [0.1, 0.15) is 0 Å². The number of carbonyl (C=O) groups is 7. The number of nitrogens with zero attached hydrogens (tertiary/aromatic N) is 2. The molecule has 12 nitrogen and oxygen atoms in total. The molecule has 0 fully saturated rings. The SMILES string of the molecule is CCCC(=O)O.CN(C(=O)CNC(=O)c1ccccc1)c1ccc(Cl)cc1C(=O)c1ccccc1Cl.CN(C(=O)CNC(=O)c1ccccc1)c1ccc(Cl)cc1C(=O)c1ccccc1Cl. The van der Waals surface area contributed by atoms with E-state index in [2.05, 4.69) is 10.6 Å². The van der Waals surface area contributed by atoms with Crippen LogP contribution in [0.1, 0.15) is 72.3 Å². The highest BCUT2D eigenvalue weighted by Crippen LogP contribution is 2.30. The van der Waals surface area contributed by atoms with E-state index in [1.807, 2.05) is 6.92 Å². The van der Waals surface area contributed by atoms with E-state index in [-0.39, 0.29) is 47.6 Å². The van der Waals surface area contributed by atoms with Gasteiger partial charge in [0.25, 0.3) is 11.8 Å². The number of hydrogen-bond donors (Lipinski definition) is 3. The Balaban J connectivity index is 0.000000257. The van der Waals surface area contributed by atoms with Crippen molar-refractivity contribution in [2.75, 3.05) is 37.0 Å². The number of hydrogen-bond acceptors (Lipinski definition) is 7. The Morgan fingerprint density at radius 3 is 1.15 bits per heavy atom. The molecule has 66 heavy (non-hydrogen) atoms. The number of amides is 4. The smallest absolute Gasteiger partial charge is 0.303 e. The molecule has 0 aromatic heterocycles. The van der Waals surface area contributed by atoms with Crippen LogP contribution in [0.5, 0.6) is 0 Å². The average molecular weight is 971 g/mol. The number of halogens is 4. The summed E-state index contributed by atoms with van der Waals surface area (Å²) in [6.07, 6.45) is 1.02. The van der Waals surface area contributed by atoms with Crippen LogP contribution in [0.3, 0.4) is 0 Å². The van der Waals surface area contributed by atoms with Crippen LogP contribution >= 0.6 is 46.4 Å². The molecule has 0 unspecified atom stereocenters. The summed E-state index contributed by atoms with van der Waals surface area (Å²) >= 11 is 24.5. The van der Waals surface area contributed by atoms with Gasteiger partial charge in [-0.1, -0.05) is 114 Å². The highest BCUT2D eigenvalue weighted by atomic mass is 35.5. The zero-order valence-corrected chi connectivity index (χ0v) is 38.9. The molecule has 4 amide bonds. The van der Waals surface area contributed by atoms with E-state index >= 15 is 0 Å². The highest BCUT2D eigenvalue weighted by Gasteiger charge is 2.24. The van der Waals surface area contributed by atoms with Crippen molar-refractivity contribution >= 4 is 98.9 Å². The van der Waals surface area contributed by atoms with Gasteiger partial charge in [0.2, 0.25) is 11.8 Å². The summed E-state index contributed by atoms with van der Waals surface area (Å²) in [6, 6.07) is 39.8. The zero-order valence-electron chi connectivity index (χ0n) is 35.9. The molecule has 0 atom stereocenters. The summed E-state index contributed by atoms with van der Waals surface area (Å²) in [5.41, 5.74) is 2.72. The van der Waals surface area contributed by atoms with Crippen molar-refractivity contribution < 1.29 is 38.7 Å². The maximum Gasteiger partial charge on any atom is 0.303 e. The first kappa shape index (κ1) is 51.8. The van der Waals surface area contributed by atoms with Crippen LogP contribution in [-0.4, -0.2) is 73.5 Å². The number of carbonyl (C=O) groups excluding carboxylic acids is 6. The number of aliphatic carboxylic acids is 1. The van der Waals surface area contributed by atoms with Crippen molar-refractivity contribution in [1.82, 2.24) is 10.6 Å². The number of anilines is 2. The second-order valence-electron chi connectivity index (χ2n) is 14.1. The zero-order chi connectivity index (χ0) is 48.3. The minimum Gasteiger partial charge on any atom is -0.481 e. The van der Waals surface area contributed by atoms with E-state index in [1.54, 1.807) is 133 Å². The maximum absolute atomic E-state index is 13.1. The van der Waals surface area contributed by atoms with Gasteiger partial charge in [-0.15, -0.1) is 0 Å². The molecule has 0 bridgehead atoms. The quantitative estimate of drug-likeness (QED) is 0.0906. The molecule has 0 spiro atoms. The molecule has 0 saturated carbocycles. The van der Waals surface area contributed by atoms with Crippen LogP contribution in [0, 0.1) is 0 Å².